The zero-order valence-electron chi connectivity index (χ0n) is 13.9. The van der Waals surface area contributed by atoms with Gasteiger partial charge in [-0.3, -0.25) is 0 Å². The van der Waals surface area contributed by atoms with Crippen molar-refractivity contribution in [3.8, 4) is 11.5 Å². The summed E-state index contributed by atoms with van der Waals surface area (Å²) in [4.78, 5) is 0. The van der Waals surface area contributed by atoms with E-state index in [1.54, 1.807) is 6.07 Å². The second-order valence-electron chi connectivity index (χ2n) is 5.74. The van der Waals surface area contributed by atoms with E-state index in [9.17, 15) is 0 Å². The van der Waals surface area contributed by atoms with E-state index in [2.05, 4.69) is 23.5 Å². The summed E-state index contributed by atoms with van der Waals surface area (Å²) in [5, 5.41) is 7.39. The molecule has 0 aliphatic carbocycles. The fraction of sp³-hybridized carbons (Fsp3) is 0.0476. The number of nitrogens with one attached hydrogen (secondary N) is 2. The van der Waals surface area contributed by atoms with Gasteiger partial charge >= 0.3 is 0 Å². The molecule has 0 aliphatic rings. The molecule has 0 amide bonds. The summed E-state index contributed by atoms with van der Waals surface area (Å²) in [6.45, 7) is 0. The molecule has 0 bridgehead atoms. The number of rotatable bonds is 3. The molecule has 0 spiro atoms. The molecule has 2 N–H and O–H groups in total. The van der Waals surface area contributed by atoms with E-state index in [0.717, 1.165) is 38.7 Å². The summed E-state index contributed by atoms with van der Waals surface area (Å²) in [5.41, 5.74) is 9.35. The molecule has 3 nitrogen and oxygen atoms in total. The third kappa shape index (κ3) is 3.48. The molecule has 0 aromatic heterocycles. The SMILES string of the molecule is CNc1ccc2c(Oc3cccc4cc([NH-])ccc34)cccc2c1.[Y]. The van der Waals surface area contributed by atoms with Crippen LogP contribution in [0, 0.1) is 0 Å². The largest absolute Gasteiger partial charge is 0.699 e. The molecule has 0 saturated carbocycles. The van der Waals surface area contributed by atoms with Crippen LogP contribution in [0.15, 0.2) is 72.8 Å². The Morgan fingerprint density at radius 1 is 0.760 bits per heavy atom. The molecular weight excluding hydrogens is 385 g/mol. The van der Waals surface area contributed by atoms with Crippen LogP contribution in [0.3, 0.4) is 0 Å². The van der Waals surface area contributed by atoms with Crippen molar-refractivity contribution in [1.29, 1.82) is 0 Å². The molecular formula is C21H17N2OY-. The van der Waals surface area contributed by atoms with E-state index in [1.807, 2.05) is 55.6 Å². The van der Waals surface area contributed by atoms with E-state index in [0.29, 0.717) is 5.69 Å². The predicted octanol–water partition coefficient (Wildman–Crippen LogP) is 6.51. The van der Waals surface area contributed by atoms with Crippen LogP contribution in [0.4, 0.5) is 11.4 Å². The van der Waals surface area contributed by atoms with Gasteiger partial charge in [0, 0.05) is 56.2 Å². The van der Waals surface area contributed by atoms with Crippen LogP contribution in [0.1, 0.15) is 0 Å². The van der Waals surface area contributed by atoms with Gasteiger partial charge < -0.3 is 15.8 Å². The molecule has 0 saturated heterocycles. The van der Waals surface area contributed by atoms with Gasteiger partial charge in [0.25, 0.3) is 0 Å². The topological polar surface area (TPSA) is 45.1 Å². The molecule has 0 fully saturated rings. The van der Waals surface area contributed by atoms with Crippen molar-refractivity contribution >= 4 is 32.9 Å². The Morgan fingerprint density at radius 2 is 1.36 bits per heavy atom. The van der Waals surface area contributed by atoms with Gasteiger partial charge in [-0.1, -0.05) is 42.5 Å². The smallest absolute Gasteiger partial charge is 0.135 e. The van der Waals surface area contributed by atoms with Crippen LogP contribution < -0.4 is 10.1 Å². The van der Waals surface area contributed by atoms with Crippen LogP contribution in [-0.4, -0.2) is 7.05 Å². The molecule has 4 heteroatoms. The fourth-order valence-corrected chi connectivity index (χ4v) is 2.96. The van der Waals surface area contributed by atoms with Crippen molar-refractivity contribution in [3.05, 3.63) is 78.5 Å². The van der Waals surface area contributed by atoms with E-state index >= 15 is 0 Å². The van der Waals surface area contributed by atoms with Gasteiger partial charge in [-0.05, 0) is 41.1 Å². The maximum atomic E-state index is 7.77. The molecule has 25 heavy (non-hydrogen) atoms. The van der Waals surface area contributed by atoms with Gasteiger partial charge in [0.2, 0.25) is 0 Å². The van der Waals surface area contributed by atoms with Crippen molar-refractivity contribution in [2.24, 2.45) is 0 Å². The fourth-order valence-electron chi connectivity index (χ4n) is 2.96. The van der Waals surface area contributed by atoms with E-state index < -0.39 is 0 Å². The molecule has 121 valence electrons. The molecule has 1 radical (unpaired) electrons. The van der Waals surface area contributed by atoms with Crippen LogP contribution in [0.2, 0.25) is 0 Å². The van der Waals surface area contributed by atoms with Crippen molar-refractivity contribution in [1.82, 2.24) is 0 Å². The summed E-state index contributed by atoms with van der Waals surface area (Å²) < 4.78 is 6.24. The van der Waals surface area contributed by atoms with Crippen molar-refractivity contribution < 1.29 is 37.4 Å². The van der Waals surface area contributed by atoms with E-state index in [-0.39, 0.29) is 32.7 Å². The zero-order valence-corrected chi connectivity index (χ0v) is 16.8. The quantitative estimate of drug-likeness (QED) is 0.425. The zero-order chi connectivity index (χ0) is 16.5. The molecule has 4 aromatic carbocycles. The first-order valence-electron chi connectivity index (χ1n) is 7.87. The molecule has 0 aliphatic heterocycles. The summed E-state index contributed by atoms with van der Waals surface area (Å²) >= 11 is 0. The molecule has 0 unspecified atom stereocenters. The van der Waals surface area contributed by atoms with Crippen LogP contribution in [-0.2, 0) is 32.7 Å². The average Bonchev–Trinajstić information content (AvgIpc) is 2.61. The Morgan fingerprint density at radius 3 is 2.00 bits per heavy atom. The van der Waals surface area contributed by atoms with Gasteiger partial charge in [0.05, 0.1) is 0 Å². The normalized spacial score (nSPS) is 10.4. The maximum absolute atomic E-state index is 7.77. The maximum Gasteiger partial charge on any atom is 0.135 e. The number of ether oxygens (including phenoxy) is 1. The third-order valence-electron chi connectivity index (χ3n) is 4.19. The Hall–Kier alpha value is -2.10. The summed E-state index contributed by atoms with van der Waals surface area (Å²) in [7, 11) is 1.91. The first-order valence-corrected chi connectivity index (χ1v) is 7.87. The van der Waals surface area contributed by atoms with Gasteiger partial charge in [0.1, 0.15) is 11.5 Å². The summed E-state index contributed by atoms with van der Waals surface area (Å²) in [5.74, 6) is 1.63. The summed E-state index contributed by atoms with van der Waals surface area (Å²) in [6.07, 6.45) is 0. The Bertz CT molecular complexity index is 1050. The van der Waals surface area contributed by atoms with Gasteiger partial charge in [0.15, 0.2) is 0 Å². The monoisotopic (exact) mass is 402 g/mol. The molecule has 0 heterocycles. The predicted molar refractivity (Wildman–Crippen MR) is 101 cm³/mol. The number of benzene rings is 4. The van der Waals surface area contributed by atoms with Crippen LogP contribution in [0.25, 0.3) is 27.3 Å². The number of fused-ring (bicyclic) bond motifs is 2. The minimum absolute atomic E-state index is 0. The second-order valence-corrected chi connectivity index (χ2v) is 5.74. The van der Waals surface area contributed by atoms with Crippen molar-refractivity contribution in [2.75, 3.05) is 12.4 Å². The second kappa shape index (κ2) is 7.42. The minimum Gasteiger partial charge on any atom is -0.699 e. The Kier molecular flexibility index (Phi) is 5.26. The molecule has 4 rings (SSSR count). The first kappa shape index (κ1) is 17.7. The van der Waals surface area contributed by atoms with Crippen molar-refractivity contribution in [3.63, 3.8) is 0 Å². The van der Waals surface area contributed by atoms with Crippen LogP contribution in [0.5, 0.6) is 11.5 Å². The van der Waals surface area contributed by atoms with Gasteiger partial charge in [-0.25, -0.2) is 0 Å². The third-order valence-corrected chi connectivity index (χ3v) is 4.19. The van der Waals surface area contributed by atoms with E-state index in [1.165, 1.54) is 0 Å². The summed E-state index contributed by atoms with van der Waals surface area (Å²) in [6, 6.07) is 23.8. The first-order chi connectivity index (χ1) is 11.7. The van der Waals surface area contributed by atoms with Gasteiger partial charge in [-0.15, -0.1) is 5.69 Å². The minimum atomic E-state index is 0. The standard InChI is InChI=1S/C21H17N2O.Y/c1-23-17-9-11-19-15(13-17)5-3-7-21(19)24-20-6-2-4-14-12-16(22)8-10-18(14)20;/h2-13,22-23H,1H3;/q-1;. The average molecular weight is 402 g/mol. The van der Waals surface area contributed by atoms with Gasteiger partial charge in [-0.2, -0.15) is 0 Å². The molecule has 0 atom stereocenters. The van der Waals surface area contributed by atoms with E-state index in [4.69, 9.17) is 10.5 Å². The van der Waals surface area contributed by atoms with Crippen molar-refractivity contribution in [2.45, 2.75) is 0 Å². The molecule has 4 aromatic rings. The number of anilines is 1. The number of hydrogen-bond acceptors (Lipinski definition) is 2. The number of hydrogen-bond donors (Lipinski definition) is 1. The van der Waals surface area contributed by atoms with Crippen LogP contribution >= 0.6 is 0 Å². The Balaban J connectivity index is 0.00000182. The Labute approximate surface area is 172 Å².